The van der Waals surface area contributed by atoms with E-state index in [0.29, 0.717) is 19.1 Å². The van der Waals surface area contributed by atoms with Gasteiger partial charge in [0.25, 0.3) is 5.91 Å². The van der Waals surface area contributed by atoms with Gasteiger partial charge in [0.1, 0.15) is 0 Å². The second-order valence-corrected chi connectivity index (χ2v) is 4.98. The van der Waals surface area contributed by atoms with Gasteiger partial charge >= 0.3 is 5.69 Å². The Labute approximate surface area is 123 Å². The number of hydrogen-bond acceptors (Lipinski definition) is 5. The zero-order chi connectivity index (χ0) is 15.8. The molecule has 7 heteroatoms. The van der Waals surface area contributed by atoms with Crippen molar-refractivity contribution >= 4 is 11.6 Å². The minimum Gasteiger partial charge on any atom is -0.502 e. The van der Waals surface area contributed by atoms with Crippen LogP contribution in [0, 0.1) is 16.0 Å². The number of phenols is 1. The fourth-order valence-electron chi connectivity index (χ4n) is 1.61. The number of aromatic hydroxyl groups is 1. The molecule has 7 nitrogen and oxygen atoms in total. The number of phenolic OH excluding ortho intramolecular Hbond substituents is 1. The molecule has 0 bridgehead atoms. The van der Waals surface area contributed by atoms with Crippen LogP contribution in [0.4, 0.5) is 5.69 Å². The third-order valence-corrected chi connectivity index (χ3v) is 2.83. The smallest absolute Gasteiger partial charge is 0.311 e. The Balaban J connectivity index is 2.46. The Kier molecular flexibility index (Phi) is 6.61. The first-order chi connectivity index (χ1) is 9.93. The molecule has 0 atom stereocenters. The summed E-state index contributed by atoms with van der Waals surface area (Å²) in [6, 6.07) is 3.82. The van der Waals surface area contributed by atoms with Crippen LogP contribution >= 0.6 is 0 Å². The number of nitro groups is 1. The van der Waals surface area contributed by atoms with Crippen molar-refractivity contribution < 1.29 is 19.6 Å². The number of carbonyl (C=O) groups is 1. The van der Waals surface area contributed by atoms with E-state index in [1.165, 1.54) is 12.1 Å². The van der Waals surface area contributed by atoms with Crippen molar-refractivity contribution in [3.8, 4) is 5.75 Å². The van der Waals surface area contributed by atoms with E-state index in [9.17, 15) is 20.0 Å². The van der Waals surface area contributed by atoms with Gasteiger partial charge in [-0.15, -0.1) is 0 Å². The molecule has 0 unspecified atom stereocenters. The van der Waals surface area contributed by atoms with Crippen molar-refractivity contribution in [2.75, 3.05) is 19.8 Å². The molecule has 0 saturated carbocycles. The lowest BCUT2D eigenvalue weighted by atomic mass is 10.1. The van der Waals surface area contributed by atoms with Crippen LogP contribution < -0.4 is 5.32 Å². The molecule has 21 heavy (non-hydrogen) atoms. The highest BCUT2D eigenvalue weighted by molar-refractivity contribution is 5.98. The topological polar surface area (TPSA) is 102 Å². The lowest BCUT2D eigenvalue weighted by molar-refractivity contribution is -0.385. The fraction of sp³-hybridized carbons (Fsp3) is 0.500. The molecular weight excluding hydrogens is 276 g/mol. The van der Waals surface area contributed by atoms with Gasteiger partial charge < -0.3 is 15.2 Å². The molecule has 116 valence electrons. The number of para-hydroxylation sites is 1. The maximum absolute atomic E-state index is 11.8. The van der Waals surface area contributed by atoms with E-state index >= 15 is 0 Å². The first-order valence-corrected chi connectivity index (χ1v) is 6.75. The predicted octanol–water partition coefficient (Wildman–Crippen LogP) is 2.09. The molecule has 0 heterocycles. The molecule has 0 spiro atoms. The third-order valence-electron chi connectivity index (χ3n) is 2.83. The van der Waals surface area contributed by atoms with E-state index in [-0.39, 0.29) is 12.1 Å². The van der Waals surface area contributed by atoms with Gasteiger partial charge in [0.2, 0.25) is 5.75 Å². The van der Waals surface area contributed by atoms with Crippen molar-refractivity contribution in [3.63, 3.8) is 0 Å². The fourth-order valence-corrected chi connectivity index (χ4v) is 1.61. The highest BCUT2D eigenvalue weighted by atomic mass is 16.6. The normalized spacial score (nSPS) is 10.6. The SMILES string of the molecule is CC(C)CCOCCNC(=O)c1cccc([N+](=O)[O-])c1O. The molecule has 0 aliphatic carbocycles. The summed E-state index contributed by atoms with van der Waals surface area (Å²) in [5, 5.41) is 22.9. The number of nitro benzene ring substituents is 1. The van der Waals surface area contributed by atoms with Gasteiger partial charge in [-0.25, -0.2) is 0 Å². The molecule has 0 aliphatic rings. The van der Waals surface area contributed by atoms with Gasteiger partial charge in [0, 0.05) is 19.2 Å². The zero-order valence-corrected chi connectivity index (χ0v) is 12.2. The molecule has 1 aromatic carbocycles. The minimum atomic E-state index is -0.735. The molecule has 1 amide bonds. The average Bonchev–Trinajstić information content (AvgIpc) is 2.42. The van der Waals surface area contributed by atoms with Crippen molar-refractivity contribution in [2.24, 2.45) is 5.92 Å². The maximum Gasteiger partial charge on any atom is 0.311 e. The number of nitrogens with zero attached hydrogens (tertiary/aromatic N) is 1. The van der Waals surface area contributed by atoms with E-state index < -0.39 is 22.3 Å². The second kappa shape index (κ2) is 8.21. The molecule has 0 aromatic heterocycles. The van der Waals surface area contributed by atoms with E-state index in [0.717, 1.165) is 12.5 Å². The Bertz CT molecular complexity index is 502. The summed E-state index contributed by atoms with van der Waals surface area (Å²) < 4.78 is 5.34. The molecule has 1 aromatic rings. The van der Waals surface area contributed by atoms with Crippen LogP contribution in [0.3, 0.4) is 0 Å². The van der Waals surface area contributed by atoms with E-state index in [1.54, 1.807) is 0 Å². The predicted molar refractivity (Wildman–Crippen MR) is 77.4 cm³/mol. The number of hydrogen-bond donors (Lipinski definition) is 2. The van der Waals surface area contributed by atoms with Gasteiger partial charge in [-0.1, -0.05) is 19.9 Å². The van der Waals surface area contributed by atoms with Crippen molar-refractivity contribution in [2.45, 2.75) is 20.3 Å². The summed E-state index contributed by atoms with van der Waals surface area (Å²) in [7, 11) is 0. The average molecular weight is 296 g/mol. The standard InChI is InChI=1S/C14H20N2O5/c1-10(2)6-8-21-9-7-15-14(18)11-4-3-5-12(13(11)17)16(19)20/h3-5,10,17H,6-9H2,1-2H3,(H,15,18). The largest absolute Gasteiger partial charge is 0.502 e. The Hall–Kier alpha value is -2.15. The summed E-state index contributed by atoms with van der Waals surface area (Å²) in [5.74, 6) is -0.634. The molecule has 2 N–H and O–H groups in total. The summed E-state index contributed by atoms with van der Waals surface area (Å²) in [6.45, 7) is 5.44. The molecule has 0 saturated heterocycles. The van der Waals surface area contributed by atoms with E-state index in [2.05, 4.69) is 19.2 Å². The number of carbonyl (C=O) groups excluding carboxylic acids is 1. The highest BCUT2D eigenvalue weighted by Gasteiger charge is 2.20. The highest BCUT2D eigenvalue weighted by Crippen LogP contribution is 2.28. The molecule has 1 rings (SSSR count). The van der Waals surface area contributed by atoms with Crippen LogP contribution in [-0.4, -0.2) is 35.7 Å². The monoisotopic (exact) mass is 296 g/mol. The summed E-state index contributed by atoms with van der Waals surface area (Å²) in [4.78, 5) is 21.8. The number of nitrogens with one attached hydrogen (secondary N) is 1. The third kappa shape index (κ3) is 5.39. The van der Waals surface area contributed by atoms with Gasteiger partial charge in [-0.05, 0) is 18.4 Å². The van der Waals surface area contributed by atoms with Crippen LogP contribution in [0.25, 0.3) is 0 Å². The zero-order valence-electron chi connectivity index (χ0n) is 12.2. The molecule has 0 aliphatic heterocycles. The lowest BCUT2D eigenvalue weighted by Gasteiger charge is -2.08. The number of ether oxygens (including phenoxy) is 1. The van der Waals surface area contributed by atoms with Gasteiger partial charge in [0.05, 0.1) is 17.1 Å². The summed E-state index contributed by atoms with van der Waals surface area (Å²) in [6.07, 6.45) is 0.944. The number of rotatable bonds is 8. The van der Waals surface area contributed by atoms with Gasteiger partial charge in [-0.2, -0.15) is 0 Å². The minimum absolute atomic E-state index is 0.119. The Morgan fingerprint density at radius 2 is 2.14 bits per heavy atom. The van der Waals surface area contributed by atoms with E-state index in [4.69, 9.17) is 4.74 Å². The number of amides is 1. The lowest BCUT2D eigenvalue weighted by Crippen LogP contribution is -2.27. The van der Waals surface area contributed by atoms with Crippen LogP contribution in [0.5, 0.6) is 5.75 Å². The first-order valence-electron chi connectivity index (χ1n) is 6.75. The summed E-state index contributed by atoms with van der Waals surface area (Å²) >= 11 is 0. The second-order valence-electron chi connectivity index (χ2n) is 4.98. The van der Waals surface area contributed by atoms with Crippen molar-refractivity contribution in [1.82, 2.24) is 5.32 Å². The maximum atomic E-state index is 11.8. The van der Waals surface area contributed by atoms with Crippen molar-refractivity contribution in [1.29, 1.82) is 0 Å². The van der Waals surface area contributed by atoms with Crippen LogP contribution in [-0.2, 0) is 4.74 Å². The van der Waals surface area contributed by atoms with E-state index in [1.807, 2.05) is 0 Å². The van der Waals surface area contributed by atoms with Crippen LogP contribution in [0.2, 0.25) is 0 Å². The molecular formula is C14H20N2O5. The molecule has 0 radical (unpaired) electrons. The Morgan fingerprint density at radius 3 is 2.76 bits per heavy atom. The quantitative estimate of drug-likeness (QED) is 0.434. The molecule has 0 fully saturated rings. The van der Waals surface area contributed by atoms with Gasteiger partial charge in [0.15, 0.2) is 0 Å². The van der Waals surface area contributed by atoms with Crippen molar-refractivity contribution in [3.05, 3.63) is 33.9 Å². The Morgan fingerprint density at radius 1 is 1.43 bits per heavy atom. The first kappa shape index (κ1) is 16.9. The number of benzene rings is 1. The van der Waals surface area contributed by atoms with Crippen LogP contribution in [0.1, 0.15) is 30.6 Å². The van der Waals surface area contributed by atoms with Crippen LogP contribution in [0.15, 0.2) is 18.2 Å². The van der Waals surface area contributed by atoms with Gasteiger partial charge in [-0.3, -0.25) is 14.9 Å². The summed E-state index contributed by atoms with van der Waals surface area (Å²) in [5.41, 5.74) is -0.609.